The summed E-state index contributed by atoms with van der Waals surface area (Å²) >= 11 is 0. The fourth-order valence-corrected chi connectivity index (χ4v) is 3.00. The molecule has 1 rings (SSSR count). The summed E-state index contributed by atoms with van der Waals surface area (Å²) in [6.45, 7) is 10.2. The molecular weight excluding hydrogens is 200 g/mol. The minimum atomic E-state index is 0.363. The largest absolute Gasteiger partial charge is 0.468 e. The Morgan fingerprint density at radius 2 is 2.19 bits per heavy atom. The lowest BCUT2D eigenvalue weighted by atomic mass is 9.52. The smallest absolute Gasteiger partial charge is 0.293 e. The third-order valence-electron chi connectivity index (χ3n) is 4.20. The Kier molecular flexibility index (Phi) is 4.57. The van der Waals surface area contributed by atoms with Crippen molar-refractivity contribution in [3.8, 4) is 0 Å². The average Bonchev–Trinajstić information content (AvgIpc) is 2.22. The minimum absolute atomic E-state index is 0.363. The summed E-state index contributed by atoms with van der Waals surface area (Å²) in [6, 6.07) is 0. The number of hydrogen-bond acceptors (Lipinski definition) is 2. The van der Waals surface area contributed by atoms with E-state index in [0.29, 0.717) is 30.3 Å². The van der Waals surface area contributed by atoms with Gasteiger partial charge in [0.25, 0.3) is 6.47 Å². The highest BCUT2D eigenvalue weighted by Gasteiger charge is 2.47. The first kappa shape index (κ1) is 13.3. The number of ether oxygens (including phenoxy) is 1. The SMILES string of the molecule is CC/C=C(\C)[C@H]1C[C@@H](CCOC=O)C1(C)C. The van der Waals surface area contributed by atoms with E-state index < -0.39 is 0 Å². The second-order valence-electron chi connectivity index (χ2n) is 5.42. The van der Waals surface area contributed by atoms with Crippen LogP contribution in [0.5, 0.6) is 0 Å². The molecule has 16 heavy (non-hydrogen) atoms. The van der Waals surface area contributed by atoms with Gasteiger partial charge < -0.3 is 4.74 Å². The molecule has 1 aliphatic rings. The summed E-state index contributed by atoms with van der Waals surface area (Å²) in [5, 5.41) is 0. The third kappa shape index (κ3) is 2.66. The number of allylic oxidation sites excluding steroid dienone is 2. The van der Waals surface area contributed by atoms with Crippen LogP contribution in [0.2, 0.25) is 0 Å². The van der Waals surface area contributed by atoms with Crippen molar-refractivity contribution in [2.24, 2.45) is 17.3 Å². The van der Waals surface area contributed by atoms with E-state index in [9.17, 15) is 4.79 Å². The number of carbonyl (C=O) groups excluding carboxylic acids is 1. The molecular formula is C14H24O2. The Hall–Kier alpha value is -0.790. The van der Waals surface area contributed by atoms with E-state index >= 15 is 0 Å². The summed E-state index contributed by atoms with van der Waals surface area (Å²) < 4.78 is 4.78. The molecule has 0 aromatic rings. The Labute approximate surface area is 99.1 Å². The second-order valence-corrected chi connectivity index (χ2v) is 5.42. The Morgan fingerprint density at radius 3 is 2.69 bits per heavy atom. The first-order valence-corrected chi connectivity index (χ1v) is 6.25. The molecule has 0 aliphatic heterocycles. The van der Waals surface area contributed by atoms with Gasteiger partial charge in [0.05, 0.1) is 6.61 Å². The molecule has 2 nitrogen and oxygen atoms in total. The van der Waals surface area contributed by atoms with Crippen LogP contribution < -0.4 is 0 Å². The van der Waals surface area contributed by atoms with Gasteiger partial charge in [0.1, 0.15) is 0 Å². The van der Waals surface area contributed by atoms with Crippen molar-refractivity contribution >= 4 is 6.47 Å². The molecule has 1 saturated carbocycles. The zero-order valence-corrected chi connectivity index (χ0v) is 11.0. The van der Waals surface area contributed by atoms with E-state index in [1.165, 1.54) is 12.0 Å². The molecule has 1 fully saturated rings. The zero-order chi connectivity index (χ0) is 12.2. The highest BCUT2D eigenvalue weighted by atomic mass is 16.5. The van der Waals surface area contributed by atoms with E-state index in [1.807, 2.05) is 0 Å². The predicted octanol–water partition coefficient (Wildman–Crippen LogP) is 3.57. The normalized spacial score (nSPS) is 28.4. The van der Waals surface area contributed by atoms with Gasteiger partial charge in [-0.25, -0.2) is 0 Å². The van der Waals surface area contributed by atoms with Gasteiger partial charge in [0.15, 0.2) is 0 Å². The molecule has 2 atom stereocenters. The fourth-order valence-electron chi connectivity index (χ4n) is 3.00. The lowest BCUT2D eigenvalue weighted by Crippen LogP contribution is -2.45. The van der Waals surface area contributed by atoms with Gasteiger partial charge in [-0.15, -0.1) is 0 Å². The summed E-state index contributed by atoms with van der Waals surface area (Å²) in [4.78, 5) is 10.1. The molecule has 0 aromatic heterocycles. The molecule has 0 heterocycles. The van der Waals surface area contributed by atoms with Gasteiger partial charge in [-0.1, -0.05) is 32.4 Å². The summed E-state index contributed by atoms with van der Waals surface area (Å²) in [5.74, 6) is 1.41. The Morgan fingerprint density at radius 1 is 1.50 bits per heavy atom. The van der Waals surface area contributed by atoms with E-state index in [0.717, 1.165) is 12.8 Å². The average molecular weight is 224 g/mol. The molecule has 92 valence electrons. The van der Waals surface area contributed by atoms with Gasteiger partial charge in [0, 0.05) is 0 Å². The number of carbonyl (C=O) groups is 1. The summed E-state index contributed by atoms with van der Waals surface area (Å²) in [6.07, 6.45) is 5.71. The van der Waals surface area contributed by atoms with Crippen molar-refractivity contribution in [3.05, 3.63) is 11.6 Å². The highest BCUT2D eigenvalue weighted by Crippen LogP contribution is 2.55. The van der Waals surface area contributed by atoms with Crippen LogP contribution in [0.25, 0.3) is 0 Å². The quantitative estimate of drug-likeness (QED) is 0.392. The van der Waals surface area contributed by atoms with Gasteiger partial charge in [-0.05, 0) is 43.4 Å². The molecule has 1 aliphatic carbocycles. The van der Waals surface area contributed by atoms with Crippen molar-refractivity contribution in [3.63, 3.8) is 0 Å². The second kappa shape index (κ2) is 5.51. The lowest BCUT2D eigenvalue weighted by Gasteiger charge is -2.53. The zero-order valence-electron chi connectivity index (χ0n) is 11.0. The van der Waals surface area contributed by atoms with Crippen LogP contribution in [0.3, 0.4) is 0 Å². The maximum absolute atomic E-state index is 10.1. The van der Waals surface area contributed by atoms with Crippen LogP contribution in [0.4, 0.5) is 0 Å². The van der Waals surface area contributed by atoms with Gasteiger partial charge >= 0.3 is 0 Å². The van der Waals surface area contributed by atoms with Crippen LogP contribution in [0.1, 0.15) is 47.0 Å². The van der Waals surface area contributed by atoms with Crippen LogP contribution in [-0.2, 0) is 9.53 Å². The topological polar surface area (TPSA) is 26.3 Å². The molecule has 0 amide bonds. The highest BCUT2D eigenvalue weighted by molar-refractivity contribution is 5.36. The number of hydrogen-bond donors (Lipinski definition) is 0. The van der Waals surface area contributed by atoms with Crippen LogP contribution in [0.15, 0.2) is 11.6 Å². The van der Waals surface area contributed by atoms with Crippen LogP contribution >= 0.6 is 0 Å². The molecule has 0 radical (unpaired) electrons. The van der Waals surface area contributed by atoms with E-state index in [2.05, 4.69) is 33.8 Å². The minimum Gasteiger partial charge on any atom is -0.468 e. The number of rotatable bonds is 6. The molecule has 0 spiro atoms. The van der Waals surface area contributed by atoms with E-state index in [4.69, 9.17) is 4.74 Å². The maximum atomic E-state index is 10.1. The van der Waals surface area contributed by atoms with Gasteiger partial charge in [0.2, 0.25) is 0 Å². The summed E-state index contributed by atoms with van der Waals surface area (Å²) in [5.41, 5.74) is 1.89. The molecule has 0 aromatic carbocycles. The standard InChI is InChI=1S/C14H24O2/c1-5-6-11(2)13-9-12(14(13,3)4)7-8-16-10-15/h6,10,12-13H,5,7-9H2,1-4H3/b11-6+/t12-,13-/m1/s1. The van der Waals surface area contributed by atoms with Gasteiger partial charge in [-0.2, -0.15) is 0 Å². The van der Waals surface area contributed by atoms with E-state index in [1.54, 1.807) is 0 Å². The van der Waals surface area contributed by atoms with Crippen molar-refractivity contribution in [2.45, 2.75) is 47.0 Å². The van der Waals surface area contributed by atoms with Crippen LogP contribution in [-0.4, -0.2) is 13.1 Å². The van der Waals surface area contributed by atoms with Gasteiger partial charge in [-0.3, -0.25) is 4.79 Å². The summed E-state index contributed by atoms with van der Waals surface area (Å²) in [7, 11) is 0. The lowest BCUT2D eigenvalue weighted by molar-refractivity contribution is -0.130. The molecule has 2 heteroatoms. The monoisotopic (exact) mass is 224 g/mol. The fraction of sp³-hybridized carbons (Fsp3) is 0.786. The van der Waals surface area contributed by atoms with Crippen molar-refractivity contribution in [1.29, 1.82) is 0 Å². The Bertz CT molecular complexity index is 266. The van der Waals surface area contributed by atoms with Crippen molar-refractivity contribution < 1.29 is 9.53 Å². The van der Waals surface area contributed by atoms with Crippen molar-refractivity contribution in [1.82, 2.24) is 0 Å². The van der Waals surface area contributed by atoms with Crippen LogP contribution in [0, 0.1) is 17.3 Å². The Balaban J connectivity index is 2.46. The molecule has 0 saturated heterocycles. The maximum Gasteiger partial charge on any atom is 0.293 e. The molecule has 0 bridgehead atoms. The first-order valence-electron chi connectivity index (χ1n) is 6.25. The molecule has 0 unspecified atom stereocenters. The predicted molar refractivity (Wildman–Crippen MR) is 66.1 cm³/mol. The van der Waals surface area contributed by atoms with Crippen molar-refractivity contribution in [2.75, 3.05) is 6.61 Å². The molecule has 0 N–H and O–H groups in total. The first-order chi connectivity index (χ1) is 7.54. The van der Waals surface area contributed by atoms with E-state index in [-0.39, 0.29) is 0 Å². The third-order valence-corrected chi connectivity index (χ3v) is 4.20.